The lowest BCUT2D eigenvalue weighted by atomic mass is 9.69. The Labute approximate surface area is 295 Å². The Balaban J connectivity index is 1.09. The second kappa shape index (κ2) is 12.5. The maximum absolute atomic E-state index is 10.0. The number of nitriles is 1. The average Bonchev–Trinajstić information content (AvgIpc) is 3.64. The molecule has 0 saturated heterocycles. The van der Waals surface area contributed by atoms with Crippen molar-refractivity contribution in [2.24, 2.45) is 0 Å². The lowest BCUT2D eigenvalue weighted by molar-refractivity contribution is 0.603. The van der Waals surface area contributed by atoms with Crippen molar-refractivity contribution in [2.45, 2.75) is 11.8 Å². The van der Waals surface area contributed by atoms with E-state index in [1.165, 1.54) is 22.3 Å². The molecule has 0 fully saturated rings. The summed E-state index contributed by atoms with van der Waals surface area (Å²) in [7, 11) is 0. The quantitative estimate of drug-likeness (QED) is 0.167. The molecular weight excluding hydrogens is 625 g/mol. The Morgan fingerprint density at radius 2 is 1.25 bits per heavy atom. The predicted molar refractivity (Wildman–Crippen MR) is 204 cm³/mol. The van der Waals surface area contributed by atoms with Crippen LogP contribution in [0.3, 0.4) is 0 Å². The zero-order valence-corrected chi connectivity index (χ0v) is 27.6. The maximum Gasteiger partial charge on any atom is 0.164 e. The first kappa shape index (κ1) is 30.2. The fraction of sp³-hybridized carbons (Fsp3) is 0.0435. The Morgan fingerprint density at radius 3 is 1.96 bits per heavy atom. The summed E-state index contributed by atoms with van der Waals surface area (Å²) in [4.78, 5) is 14.7. The van der Waals surface area contributed by atoms with E-state index in [0.717, 1.165) is 33.2 Å². The van der Waals surface area contributed by atoms with E-state index in [2.05, 4.69) is 79.4 Å². The van der Waals surface area contributed by atoms with Crippen LogP contribution in [0.4, 0.5) is 0 Å². The molecule has 0 saturated carbocycles. The Bertz CT molecular complexity index is 2560. The molecule has 2 unspecified atom stereocenters. The Kier molecular flexibility index (Phi) is 7.41. The molecule has 7 aromatic rings. The minimum absolute atomic E-state index is 0.273. The molecular formula is C46H30N4O. The third kappa shape index (κ3) is 5.40. The minimum atomic E-state index is 0.273. The van der Waals surface area contributed by atoms with E-state index >= 15 is 0 Å². The van der Waals surface area contributed by atoms with Gasteiger partial charge in [0.25, 0.3) is 0 Å². The second-order valence-corrected chi connectivity index (χ2v) is 12.8. The van der Waals surface area contributed by atoms with Crippen molar-refractivity contribution in [3.05, 3.63) is 186 Å². The van der Waals surface area contributed by atoms with Gasteiger partial charge in [-0.1, -0.05) is 134 Å². The van der Waals surface area contributed by atoms with Crippen LogP contribution in [0.5, 0.6) is 0 Å². The SMILES string of the molecule is C=C(/C=C\c1cc2c(-c3nc(-c4ccccc4)nc(-c4ccccc4)n3)ccc(C#N)c2o1)c1ccc2c(c1)C1C=CC=CC1c1ccccc1-2. The fourth-order valence-corrected chi connectivity index (χ4v) is 7.23. The van der Waals surface area contributed by atoms with E-state index in [4.69, 9.17) is 19.4 Å². The van der Waals surface area contributed by atoms with E-state index in [1.807, 2.05) is 84.9 Å². The molecule has 5 nitrogen and oxygen atoms in total. The van der Waals surface area contributed by atoms with Crippen molar-refractivity contribution in [2.75, 3.05) is 0 Å². The van der Waals surface area contributed by atoms with E-state index in [9.17, 15) is 5.26 Å². The zero-order chi connectivity index (χ0) is 34.3. The molecule has 0 radical (unpaired) electrons. The average molecular weight is 655 g/mol. The number of benzene rings is 5. The molecule has 0 spiro atoms. The van der Waals surface area contributed by atoms with Crippen LogP contribution in [0, 0.1) is 11.3 Å². The largest absolute Gasteiger partial charge is 0.455 e. The molecule has 2 atom stereocenters. The third-order valence-electron chi connectivity index (χ3n) is 9.74. The van der Waals surface area contributed by atoms with Gasteiger partial charge in [0, 0.05) is 33.9 Å². The predicted octanol–water partition coefficient (Wildman–Crippen LogP) is 11.2. The molecule has 5 heteroatoms. The molecule has 0 aliphatic heterocycles. The van der Waals surface area contributed by atoms with Crippen LogP contribution < -0.4 is 0 Å². The van der Waals surface area contributed by atoms with Crippen LogP contribution >= 0.6 is 0 Å². The van der Waals surface area contributed by atoms with Gasteiger partial charge < -0.3 is 4.42 Å². The summed E-state index contributed by atoms with van der Waals surface area (Å²) in [6, 6.07) is 43.0. The van der Waals surface area contributed by atoms with Gasteiger partial charge in [0.2, 0.25) is 0 Å². The normalized spacial score (nSPS) is 15.7. The van der Waals surface area contributed by atoms with E-state index in [0.29, 0.717) is 40.3 Å². The van der Waals surface area contributed by atoms with Crippen LogP contribution in [0.1, 0.15) is 39.8 Å². The number of furan rings is 1. The van der Waals surface area contributed by atoms with E-state index < -0.39 is 0 Å². The lowest BCUT2D eigenvalue weighted by Gasteiger charge is -2.34. The number of nitrogens with zero attached hydrogens (tertiary/aromatic N) is 4. The number of rotatable bonds is 6. The number of fused-ring (bicyclic) bond motifs is 7. The third-order valence-corrected chi connectivity index (χ3v) is 9.74. The van der Waals surface area contributed by atoms with Crippen molar-refractivity contribution in [3.8, 4) is 51.4 Å². The number of hydrogen-bond acceptors (Lipinski definition) is 5. The first-order chi connectivity index (χ1) is 25.1. The van der Waals surface area contributed by atoms with Gasteiger partial charge in [0.1, 0.15) is 11.8 Å². The standard InChI is InChI=1S/C46H30N4O/c1-29(32-21-24-39-37-18-9-8-16-35(37)36-17-10-11-19-38(36)41(39)26-32)20-23-34-27-42-40(25-22-33(28-47)43(42)51-34)46-49-44(30-12-4-2-5-13-30)48-45(50-46)31-14-6-3-7-15-31/h2-27,36,38H,1H2/b23-20-. The highest BCUT2D eigenvalue weighted by Gasteiger charge is 2.31. The highest BCUT2D eigenvalue weighted by Crippen LogP contribution is 2.49. The topological polar surface area (TPSA) is 75.6 Å². The van der Waals surface area contributed by atoms with Gasteiger partial charge in [-0.3, -0.25) is 0 Å². The van der Waals surface area contributed by atoms with Gasteiger partial charge in [-0.2, -0.15) is 5.26 Å². The number of hydrogen-bond donors (Lipinski definition) is 0. The smallest absolute Gasteiger partial charge is 0.164 e. The molecule has 9 rings (SSSR count). The highest BCUT2D eigenvalue weighted by molar-refractivity contribution is 5.97. The van der Waals surface area contributed by atoms with Crippen molar-refractivity contribution >= 4 is 22.6 Å². The number of allylic oxidation sites excluding steroid dienone is 6. The molecule has 0 N–H and O–H groups in total. The summed E-state index contributed by atoms with van der Waals surface area (Å²) in [5.74, 6) is 2.82. The summed E-state index contributed by atoms with van der Waals surface area (Å²) in [5.41, 5.74) is 10.6. The molecule has 240 valence electrons. The van der Waals surface area contributed by atoms with Crippen LogP contribution in [0.15, 0.2) is 163 Å². The van der Waals surface area contributed by atoms with Crippen LogP contribution in [-0.4, -0.2) is 15.0 Å². The number of aromatic nitrogens is 3. The molecule has 51 heavy (non-hydrogen) atoms. The van der Waals surface area contributed by atoms with Gasteiger partial charge in [0.05, 0.1) is 5.56 Å². The van der Waals surface area contributed by atoms with Crippen molar-refractivity contribution in [3.63, 3.8) is 0 Å². The van der Waals surface area contributed by atoms with Gasteiger partial charge in [-0.25, -0.2) is 15.0 Å². The summed E-state index contributed by atoms with van der Waals surface area (Å²) in [6.07, 6.45) is 12.8. The fourth-order valence-electron chi connectivity index (χ4n) is 7.23. The minimum Gasteiger partial charge on any atom is -0.455 e. The zero-order valence-electron chi connectivity index (χ0n) is 27.6. The summed E-state index contributed by atoms with van der Waals surface area (Å²) >= 11 is 0. The first-order valence-corrected chi connectivity index (χ1v) is 16.9. The lowest BCUT2D eigenvalue weighted by Crippen LogP contribution is -2.16. The van der Waals surface area contributed by atoms with Crippen molar-refractivity contribution in [1.29, 1.82) is 5.26 Å². The van der Waals surface area contributed by atoms with Gasteiger partial charge in [-0.15, -0.1) is 0 Å². The maximum atomic E-state index is 10.0. The van der Waals surface area contributed by atoms with Gasteiger partial charge in [0.15, 0.2) is 23.1 Å². The molecule has 0 bridgehead atoms. The molecule has 2 aliphatic carbocycles. The van der Waals surface area contributed by atoms with Crippen molar-refractivity contribution in [1.82, 2.24) is 15.0 Å². The van der Waals surface area contributed by atoms with Crippen LogP contribution in [0.25, 0.3) is 67.9 Å². The highest BCUT2D eigenvalue weighted by atomic mass is 16.3. The van der Waals surface area contributed by atoms with Crippen LogP contribution in [-0.2, 0) is 0 Å². The Morgan fingerprint density at radius 1 is 0.647 bits per heavy atom. The monoisotopic (exact) mass is 654 g/mol. The summed E-state index contributed by atoms with van der Waals surface area (Å²) < 4.78 is 6.33. The van der Waals surface area contributed by atoms with E-state index in [1.54, 1.807) is 6.07 Å². The van der Waals surface area contributed by atoms with Gasteiger partial charge in [-0.05, 0) is 63.7 Å². The summed E-state index contributed by atoms with van der Waals surface area (Å²) in [5, 5.41) is 10.8. The van der Waals surface area contributed by atoms with Crippen LogP contribution in [0.2, 0.25) is 0 Å². The summed E-state index contributed by atoms with van der Waals surface area (Å²) in [6.45, 7) is 4.43. The first-order valence-electron chi connectivity index (χ1n) is 16.9. The molecule has 5 aromatic carbocycles. The Hall–Kier alpha value is -6.90. The molecule has 2 aromatic heterocycles. The molecule has 0 amide bonds. The van der Waals surface area contributed by atoms with Crippen molar-refractivity contribution < 1.29 is 4.42 Å². The molecule has 2 aliphatic rings. The van der Waals surface area contributed by atoms with Gasteiger partial charge >= 0.3 is 0 Å². The molecule has 2 heterocycles. The second-order valence-electron chi connectivity index (χ2n) is 12.8. The van der Waals surface area contributed by atoms with E-state index in [-0.39, 0.29) is 5.92 Å².